The molecule has 3 rings (SSSR count). The molecule has 5 N–H and O–H groups in total. The largest absolute Gasteiger partial charge is 0.488 e. The summed E-state index contributed by atoms with van der Waals surface area (Å²) in [6.45, 7) is 16.7. The second-order valence-corrected chi connectivity index (χ2v) is 16.7. The number of pyridine rings is 1. The molecule has 0 bridgehead atoms. The van der Waals surface area contributed by atoms with Crippen LogP contribution in [0.4, 0.5) is 9.93 Å². The number of aromatic nitrogens is 2. The van der Waals surface area contributed by atoms with E-state index in [2.05, 4.69) is 36.7 Å². The molecule has 0 aromatic carbocycles. The standard InChI is InChI=1S/C38H56N8O12S/c1-11-13-15-54-26-20-46(55-16-14-12-2)24(17-25(26)47)30(49)40-19-27(48)39-18-22-28(31(50)41-22)43-32(51)29(45-58-38(9,10)33(52)56-36(3,4)5)23-21-59-34(42-23)44-35(53)57-37(6,7)8/h17,20-22,28H,11-16,18-19H2,1-10H3,(H,39,48)(H,40,49)(H,41,50)(H,43,51)(H,42,44,53)/b45-29-/t22-,28+/m1/s1. The van der Waals surface area contributed by atoms with Gasteiger partial charge in [-0.2, -0.15) is 4.73 Å². The number of hydrogen-bond acceptors (Lipinski definition) is 15. The predicted octanol–water partition coefficient (Wildman–Crippen LogP) is 2.43. The number of nitrogens with zero attached hydrogens (tertiary/aromatic N) is 3. The van der Waals surface area contributed by atoms with Gasteiger partial charge in [0.05, 0.1) is 25.4 Å². The summed E-state index contributed by atoms with van der Waals surface area (Å²) in [7, 11) is 0. The number of esters is 1. The van der Waals surface area contributed by atoms with E-state index in [1.54, 1.807) is 41.5 Å². The van der Waals surface area contributed by atoms with Gasteiger partial charge in [-0.3, -0.25) is 29.3 Å². The number of rotatable bonds is 20. The molecule has 5 amide bonds. The minimum atomic E-state index is -1.67. The molecule has 1 aliphatic heterocycles. The molecular weight excluding hydrogens is 793 g/mol. The van der Waals surface area contributed by atoms with Crippen molar-refractivity contribution >= 4 is 57.9 Å². The molecule has 0 unspecified atom stereocenters. The summed E-state index contributed by atoms with van der Waals surface area (Å²) in [6, 6.07) is -0.876. The van der Waals surface area contributed by atoms with E-state index in [4.69, 9.17) is 23.9 Å². The highest BCUT2D eigenvalue weighted by Gasteiger charge is 2.42. The molecule has 0 radical (unpaired) electrons. The molecule has 1 saturated heterocycles. The molecule has 21 heteroatoms. The van der Waals surface area contributed by atoms with Crippen LogP contribution in [-0.4, -0.2) is 106 Å². The van der Waals surface area contributed by atoms with Crippen molar-refractivity contribution in [2.75, 3.05) is 31.6 Å². The van der Waals surface area contributed by atoms with Crippen LogP contribution in [0, 0.1) is 0 Å². The Morgan fingerprint density at radius 1 is 0.932 bits per heavy atom. The topological polar surface area (TPSA) is 256 Å². The summed E-state index contributed by atoms with van der Waals surface area (Å²) in [5.41, 5.74) is -4.50. The van der Waals surface area contributed by atoms with Crippen LogP contribution in [-0.2, 0) is 33.5 Å². The van der Waals surface area contributed by atoms with Crippen LogP contribution in [0.2, 0.25) is 0 Å². The summed E-state index contributed by atoms with van der Waals surface area (Å²) in [5, 5.41) is 18.0. The third-order valence-electron chi connectivity index (χ3n) is 7.75. The maximum absolute atomic E-state index is 13.7. The zero-order valence-corrected chi connectivity index (χ0v) is 36.0. The Balaban J connectivity index is 1.70. The first-order valence-electron chi connectivity index (χ1n) is 19.2. The molecule has 2 aromatic rings. The molecule has 2 atom stereocenters. The van der Waals surface area contributed by atoms with Crippen molar-refractivity contribution in [3.05, 3.63) is 39.3 Å². The van der Waals surface area contributed by atoms with E-state index in [9.17, 15) is 33.6 Å². The average Bonchev–Trinajstić information content (AvgIpc) is 3.58. The van der Waals surface area contributed by atoms with Crippen LogP contribution in [0.3, 0.4) is 0 Å². The Morgan fingerprint density at radius 3 is 2.22 bits per heavy atom. The Bertz CT molecular complexity index is 1930. The molecule has 3 heterocycles. The average molecular weight is 849 g/mol. The number of anilines is 1. The Kier molecular flexibility index (Phi) is 16.8. The number of carbonyl (C=O) groups is 6. The fourth-order valence-corrected chi connectivity index (χ4v) is 5.35. The van der Waals surface area contributed by atoms with Crippen molar-refractivity contribution in [2.45, 2.75) is 124 Å². The van der Waals surface area contributed by atoms with Crippen LogP contribution in [0.5, 0.6) is 5.75 Å². The third-order valence-corrected chi connectivity index (χ3v) is 8.51. The Labute approximate surface area is 346 Å². The van der Waals surface area contributed by atoms with Gasteiger partial charge in [-0.25, -0.2) is 14.6 Å². The molecule has 1 aliphatic rings. The van der Waals surface area contributed by atoms with Gasteiger partial charge in [-0.1, -0.05) is 31.8 Å². The van der Waals surface area contributed by atoms with E-state index >= 15 is 0 Å². The highest BCUT2D eigenvalue weighted by Crippen LogP contribution is 2.21. The van der Waals surface area contributed by atoms with Crippen molar-refractivity contribution in [2.24, 2.45) is 5.16 Å². The van der Waals surface area contributed by atoms with Gasteiger partial charge in [0, 0.05) is 18.0 Å². The summed E-state index contributed by atoms with van der Waals surface area (Å²) in [4.78, 5) is 106. The van der Waals surface area contributed by atoms with Gasteiger partial charge in [0.2, 0.25) is 22.8 Å². The highest BCUT2D eigenvalue weighted by molar-refractivity contribution is 7.14. The van der Waals surface area contributed by atoms with Crippen LogP contribution in [0.15, 0.2) is 27.6 Å². The number of unbranched alkanes of at least 4 members (excludes halogenated alkanes) is 2. The molecule has 2 aromatic heterocycles. The minimum Gasteiger partial charge on any atom is -0.488 e. The van der Waals surface area contributed by atoms with E-state index in [0.717, 1.165) is 41.4 Å². The number of thiazole rings is 1. The zero-order chi connectivity index (χ0) is 44.1. The summed E-state index contributed by atoms with van der Waals surface area (Å²) < 4.78 is 17.4. The van der Waals surface area contributed by atoms with Gasteiger partial charge >= 0.3 is 12.1 Å². The van der Waals surface area contributed by atoms with E-state index in [1.807, 2.05) is 13.8 Å². The maximum atomic E-state index is 13.7. The van der Waals surface area contributed by atoms with Gasteiger partial charge < -0.3 is 45.2 Å². The Morgan fingerprint density at radius 2 is 1.59 bits per heavy atom. The van der Waals surface area contributed by atoms with Crippen molar-refractivity contribution in [1.82, 2.24) is 31.0 Å². The van der Waals surface area contributed by atoms with Gasteiger partial charge in [-0.15, -0.1) is 11.3 Å². The molecule has 1 fully saturated rings. The predicted molar refractivity (Wildman–Crippen MR) is 216 cm³/mol. The SMILES string of the molecule is CCCCOc1cn(OCCCC)c(C(=O)NCC(=O)NC[C@H]2NC(=O)[C@H]2NC(=O)/C(=N\OC(C)(C)C(=O)OC(C)(C)C)c2csc(NC(=O)OC(C)(C)C)n2)cc1=O. The fourth-order valence-electron chi connectivity index (χ4n) is 4.67. The summed E-state index contributed by atoms with van der Waals surface area (Å²) in [6.07, 6.45) is 3.61. The molecule has 20 nitrogen and oxygen atoms in total. The number of amides is 5. The lowest BCUT2D eigenvalue weighted by atomic mass is 9.98. The van der Waals surface area contributed by atoms with Gasteiger partial charge in [-0.05, 0) is 68.2 Å². The monoisotopic (exact) mass is 848 g/mol. The van der Waals surface area contributed by atoms with E-state index in [-0.39, 0.29) is 35.4 Å². The van der Waals surface area contributed by atoms with Gasteiger partial charge in [0.25, 0.3) is 11.8 Å². The van der Waals surface area contributed by atoms with Gasteiger partial charge in [0.1, 0.15) is 35.2 Å². The number of carbonyl (C=O) groups excluding carboxylic acids is 6. The summed E-state index contributed by atoms with van der Waals surface area (Å²) in [5.74, 6) is -3.66. The first-order valence-corrected chi connectivity index (χ1v) is 20.1. The number of hydrogen-bond donors (Lipinski definition) is 5. The first kappa shape index (κ1) is 47.6. The number of nitrogens with one attached hydrogen (secondary N) is 5. The zero-order valence-electron chi connectivity index (χ0n) is 35.2. The molecular formula is C38H56N8O12S. The molecule has 0 aliphatic carbocycles. The van der Waals surface area contributed by atoms with Crippen LogP contribution in [0.1, 0.15) is 111 Å². The Hall–Kier alpha value is -5.73. The van der Waals surface area contributed by atoms with Gasteiger partial charge in [0.15, 0.2) is 16.6 Å². The van der Waals surface area contributed by atoms with Crippen molar-refractivity contribution < 1.29 is 52.7 Å². The molecule has 0 spiro atoms. The smallest absolute Gasteiger partial charge is 0.413 e. The normalized spacial score (nSPS) is 15.5. The quantitative estimate of drug-likeness (QED) is 0.0423. The third kappa shape index (κ3) is 15.2. The highest BCUT2D eigenvalue weighted by atomic mass is 32.1. The number of oxime groups is 1. The summed E-state index contributed by atoms with van der Waals surface area (Å²) >= 11 is 0.946. The number of ether oxygens (including phenoxy) is 3. The number of β-lactam (4-membered cyclic amide) rings is 1. The van der Waals surface area contributed by atoms with E-state index in [1.165, 1.54) is 25.4 Å². The molecule has 0 saturated carbocycles. The molecule has 59 heavy (non-hydrogen) atoms. The van der Waals surface area contributed by atoms with Crippen molar-refractivity contribution in [3.63, 3.8) is 0 Å². The first-order chi connectivity index (χ1) is 27.5. The van der Waals surface area contributed by atoms with Crippen LogP contribution < -0.4 is 41.6 Å². The second kappa shape index (κ2) is 20.8. The maximum Gasteiger partial charge on any atom is 0.413 e. The van der Waals surface area contributed by atoms with E-state index in [0.29, 0.717) is 13.0 Å². The fraction of sp³-hybridized carbons (Fsp3) is 0.605. The van der Waals surface area contributed by atoms with Crippen molar-refractivity contribution in [3.8, 4) is 5.75 Å². The second-order valence-electron chi connectivity index (χ2n) is 15.9. The lowest BCUT2D eigenvalue weighted by Crippen LogP contribution is -2.72. The minimum absolute atomic E-state index is 0.0236. The van der Waals surface area contributed by atoms with Crippen LogP contribution in [0.25, 0.3) is 0 Å². The lowest BCUT2D eigenvalue weighted by Gasteiger charge is -2.37. The molecule has 326 valence electrons. The van der Waals surface area contributed by atoms with E-state index < -0.39 is 82.3 Å². The van der Waals surface area contributed by atoms with Crippen LogP contribution >= 0.6 is 11.3 Å². The lowest BCUT2D eigenvalue weighted by molar-refractivity contribution is -0.179. The van der Waals surface area contributed by atoms with Crippen molar-refractivity contribution in [1.29, 1.82) is 0 Å².